The molecule has 2 N–H and O–H groups in total. The number of rotatable bonds is 6. The van der Waals surface area contributed by atoms with Gasteiger partial charge in [-0.25, -0.2) is 0 Å². The molecule has 1 amide bonds. The number of furan rings is 1. The number of carbonyl (C=O) groups excluding carboxylic acids is 1. The SMILES string of the molecule is Cc1ccc(CN(CCN(C)C)C(=O)C2COCC2N)o1. The summed E-state index contributed by atoms with van der Waals surface area (Å²) in [5.41, 5.74) is 5.96. The third kappa shape index (κ3) is 4.30. The summed E-state index contributed by atoms with van der Waals surface area (Å²) in [4.78, 5) is 16.6. The highest BCUT2D eigenvalue weighted by Crippen LogP contribution is 2.17. The van der Waals surface area contributed by atoms with Crippen molar-refractivity contribution in [1.82, 2.24) is 9.80 Å². The van der Waals surface area contributed by atoms with E-state index < -0.39 is 0 Å². The second-order valence-corrected chi connectivity index (χ2v) is 5.88. The molecule has 1 aliphatic rings. The zero-order chi connectivity index (χ0) is 15.4. The fraction of sp³-hybridized carbons (Fsp3) is 0.667. The molecule has 1 aliphatic heterocycles. The Hall–Kier alpha value is -1.37. The lowest BCUT2D eigenvalue weighted by atomic mass is 10.0. The Bertz CT molecular complexity index is 472. The van der Waals surface area contributed by atoms with Crippen LogP contribution in [0.4, 0.5) is 0 Å². The van der Waals surface area contributed by atoms with E-state index in [2.05, 4.69) is 4.90 Å². The Morgan fingerprint density at radius 1 is 1.33 bits per heavy atom. The van der Waals surface area contributed by atoms with E-state index in [-0.39, 0.29) is 17.9 Å². The Morgan fingerprint density at radius 2 is 2.10 bits per heavy atom. The van der Waals surface area contributed by atoms with E-state index in [9.17, 15) is 4.79 Å². The highest BCUT2D eigenvalue weighted by molar-refractivity contribution is 5.80. The van der Waals surface area contributed by atoms with Crippen molar-refractivity contribution in [3.63, 3.8) is 0 Å². The van der Waals surface area contributed by atoms with Gasteiger partial charge in [-0.1, -0.05) is 0 Å². The number of hydrogen-bond donors (Lipinski definition) is 1. The van der Waals surface area contributed by atoms with Gasteiger partial charge in [-0.3, -0.25) is 4.79 Å². The number of nitrogens with zero attached hydrogens (tertiary/aromatic N) is 2. The van der Waals surface area contributed by atoms with Crippen LogP contribution in [-0.4, -0.2) is 62.1 Å². The predicted octanol–water partition coefficient (Wildman–Crippen LogP) is 0.452. The van der Waals surface area contributed by atoms with Gasteiger partial charge in [0.25, 0.3) is 0 Å². The topological polar surface area (TPSA) is 71.9 Å². The molecule has 0 saturated carbocycles. The fourth-order valence-corrected chi connectivity index (χ4v) is 2.41. The van der Waals surface area contributed by atoms with E-state index in [0.29, 0.717) is 26.3 Å². The Kier molecular flexibility index (Phi) is 5.39. The molecule has 1 fully saturated rings. The Balaban J connectivity index is 2.05. The summed E-state index contributed by atoms with van der Waals surface area (Å²) in [7, 11) is 3.98. The van der Waals surface area contributed by atoms with Gasteiger partial charge in [-0.15, -0.1) is 0 Å². The molecule has 0 aromatic carbocycles. The lowest BCUT2D eigenvalue weighted by Crippen LogP contribution is -2.45. The molecule has 6 heteroatoms. The molecule has 0 bridgehead atoms. The number of hydrogen-bond acceptors (Lipinski definition) is 5. The lowest BCUT2D eigenvalue weighted by Gasteiger charge is -2.27. The maximum atomic E-state index is 12.7. The first-order valence-corrected chi connectivity index (χ1v) is 7.29. The van der Waals surface area contributed by atoms with Crippen LogP contribution in [0.15, 0.2) is 16.5 Å². The van der Waals surface area contributed by atoms with Gasteiger partial charge in [0.2, 0.25) is 5.91 Å². The van der Waals surface area contributed by atoms with Crippen LogP contribution < -0.4 is 5.73 Å². The van der Waals surface area contributed by atoms with Crippen molar-refractivity contribution < 1.29 is 13.9 Å². The molecule has 2 heterocycles. The van der Waals surface area contributed by atoms with Crippen molar-refractivity contribution in [2.24, 2.45) is 11.7 Å². The molecule has 0 aliphatic carbocycles. The molecule has 1 saturated heterocycles. The zero-order valence-electron chi connectivity index (χ0n) is 13.0. The molecule has 0 spiro atoms. The zero-order valence-corrected chi connectivity index (χ0v) is 13.0. The van der Waals surface area contributed by atoms with Crippen LogP contribution in [-0.2, 0) is 16.1 Å². The molecule has 6 nitrogen and oxygen atoms in total. The summed E-state index contributed by atoms with van der Waals surface area (Å²) in [6.45, 7) is 4.69. The quantitative estimate of drug-likeness (QED) is 0.825. The third-order valence-electron chi connectivity index (χ3n) is 3.71. The van der Waals surface area contributed by atoms with Gasteiger partial charge in [0, 0.05) is 19.1 Å². The maximum absolute atomic E-state index is 12.7. The number of carbonyl (C=O) groups is 1. The summed E-state index contributed by atoms with van der Waals surface area (Å²) in [6, 6.07) is 3.61. The number of amides is 1. The van der Waals surface area contributed by atoms with Gasteiger partial charge in [0.05, 0.1) is 25.7 Å². The average Bonchev–Trinajstić information content (AvgIpc) is 3.02. The highest BCUT2D eigenvalue weighted by Gasteiger charge is 2.34. The Morgan fingerprint density at radius 3 is 2.62 bits per heavy atom. The number of aryl methyl sites for hydroxylation is 1. The van der Waals surface area contributed by atoms with Gasteiger partial charge < -0.3 is 24.7 Å². The minimum atomic E-state index is -0.247. The second-order valence-electron chi connectivity index (χ2n) is 5.88. The van der Waals surface area contributed by atoms with Crippen molar-refractivity contribution in [3.05, 3.63) is 23.7 Å². The largest absolute Gasteiger partial charge is 0.464 e. The van der Waals surface area contributed by atoms with Crippen LogP contribution in [0.5, 0.6) is 0 Å². The maximum Gasteiger partial charge on any atom is 0.230 e. The van der Waals surface area contributed by atoms with Crippen LogP contribution in [0.2, 0.25) is 0 Å². The van der Waals surface area contributed by atoms with Crippen molar-refractivity contribution in [2.45, 2.75) is 19.5 Å². The summed E-state index contributed by atoms with van der Waals surface area (Å²) in [5, 5.41) is 0. The van der Waals surface area contributed by atoms with Gasteiger partial charge in [-0.05, 0) is 33.2 Å². The summed E-state index contributed by atoms with van der Waals surface area (Å²) >= 11 is 0. The first-order chi connectivity index (χ1) is 9.97. The van der Waals surface area contributed by atoms with E-state index in [4.69, 9.17) is 14.9 Å². The fourth-order valence-electron chi connectivity index (χ4n) is 2.41. The van der Waals surface area contributed by atoms with Crippen molar-refractivity contribution >= 4 is 5.91 Å². The van der Waals surface area contributed by atoms with E-state index in [1.807, 2.05) is 38.1 Å². The molecule has 2 atom stereocenters. The van der Waals surface area contributed by atoms with E-state index in [0.717, 1.165) is 18.1 Å². The van der Waals surface area contributed by atoms with Gasteiger partial charge >= 0.3 is 0 Å². The molecule has 118 valence electrons. The molecule has 21 heavy (non-hydrogen) atoms. The normalized spacial score (nSPS) is 22.0. The standard InChI is InChI=1S/C15H25N3O3/c1-11-4-5-12(21-11)8-18(7-6-17(2)3)15(19)13-9-20-10-14(13)16/h4-5,13-14H,6-10,16H2,1-3H3. The minimum absolute atomic E-state index is 0.0518. The van der Waals surface area contributed by atoms with Crippen molar-refractivity contribution in [3.8, 4) is 0 Å². The van der Waals surface area contributed by atoms with Gasteiger partial charge in [0.1, 0.15) is 11.5 Å². The van der Waals surface area contributed by atoms with Crippen LogP contribution in [0.1, 0.15) is 11.5 Å². The second kappa shape index (κ2) is 7.06. The molecule has 2 rings (SSSR count). The van der Waals surface area contributed by atoms with Crippen LogP contribution in [0, 0.1) is 12.8 Å². The number of likely N-dealkylation sites (N-methyl/N-ethyl adjacent to an activating group) is 1. The molecule has 1 aromatic rings. The summed E-state index contributed by atoms with van der Waals surface area (Å²) in [6.07, 6.45) is 0. The van der Waals surface area contributed by atoms with Gasteiger partial charge in [-0.2, -0.15) is 0 Å². The third-order valence-corrected chi connectivity index (χ3v) is 3.71. The van der Waals surface area contributed by atoms with E-state index in [1.54, 1.807) is 0 Å². The number of ether oxygens (including phenoxy) is 1. The molecular formula is C15H25N3O3. The Labute approximate surface area is 125 Å². The minimum Gasteiger partial charge on any atom is -0.464 e. The van der Waals surface area contributed by atoms with E-state index >= 15 is 0 Å². The van der Waals surface area contributed by atoms with Crippen LogP contribution in [0.3, 0.4) is 0 Å². The van der Waals surface area contributed by atoms with Gasteiger partial charge in [0.15, 0.2) is 0 Å². The molecule has 1 aromatic heterocycles. The molecule has 2 unspecified atom stereocenters. The summed E-state index contributed by atoms with van der Waals surface area (Å²) in [5.74, 6) is 1.46. The first kappa shape index (κ1) is 16.0. The highest BCUT2D eigenvalue weighted by atomic mass is 16.5. The van der Waals surface area contributed by atoms with Crippen LogP contribution in [0.25, 0.3) is 0 Å². The van der Waals surface area contributed by atoms with Crippen LogP contribution >= 0.6 is 0 Å². The predicted molar refractivity (Wildman–Crippen MR) is 79.7 cm³/mol. The first-order valence-electron chi connectivity index (χ1n) is 7.29. The monoisotopic (exact) mass is 295 g/mol. The molecule has 0 radical (unpaired) electrons. The van der Waals surface area contributed by atoms with Crippen molar-refractivity contribution in [2.75, 3.05) is 40.4 Å². The molecular weight excluding hydrogens is 270 g/mol. The average molecular weight is 295 g/mol. The summed E-state index contributed by atoms with van der Waals surface area (Å²) < 4.78 is 10.9. The number of nitrogens with two attached hydrogens (primary N) is 1. The van der Waals surface area contributed by atoms with E-state index in [1.165, 1.54) is 0 Å². The van der Waals surface area contributed by atoms with Crippen molar-refractivity contribution in [1.29, 1.82) is 0 Å². The smallest absolute Gasteiger partial charge is 0.230 e. The lowest BCUT2D eigenvalue weighted by molar-refractivity contribution is -0.136.